The summed E-state index contributed by atoms with van der Waals surface area (Å²) in [5.74, 6) is 2.72. The molecule has 3 rings (SSSR count). The van der Waals surface area contributed by atoms with E-state index in [1.807, 2.05) is 62.4 Å². The first-order valence-electron chi connectivity index (χ1n) is 8.72. The first kappa shape index (κ1) is 18.4. The molecule has 1 heterocycles. The molecule has 0 atom stereocenters. The second-order valence-electron chi connectivity index (χ2n) is 6.18. The van der Waals surface area contributed by atoms with Gasteiger partial charge in [0.05, 0.1) is 19.4 Å². The van der Waals surface area contributed by atoms with Gasteiger partial charge < -0.3 is 20.1 Å². The Morgan fingerprint density at radius 2 is 1.67 bits per heavy atom. The highest BCUT2D eigenvalue weighted by Gasteiger charge is 2.03. The van der Waals surface area contributed by atoms with Crippen LogP contribution in [0.5, 0.6) is 11.5 Å². The van der Waals surface area contributed by atoms with E-state index in [1.165, 1.54) is 0 Å². The summed E-state index contributed by atoms with van der Waals surface area (Å²) in [6.07, 6.45) is 1.73. The lowest BCUT2D eigenvalue weighted by atomic mass is 10.2. The molecule has 0 aliphatic rings. The number of hydrogen-bond donors (Lipinski definition) is 2. The normalized spacial score (nSPS) is 10.5. The maximum atomic E-state index is 5.64. The summed E-state index contributed by atoms with van der Waals surface area (Å²) < 4.78 is 10.8. The average molecular weight is 365 g/mol. The van der Waals surface area contributed by atoms with E-state index in [4.69, 9.17) is 9.47 Å². The Hall–Kier alpha value is -3.35. The lowest BCUT2D eigenvalue weighted by molar-refractivity contribution is 0.242. The third kappa shape index (κ3) is 5.57. The fraction of sp³-hybridized carbons (Fsp3) is 0.250. The van der Waals surface area contributed by atoms with Crippen molar-refractivity contribution < 1.29 is 9.47 Å². The maximum absolute atomic E-state index is 5.64. The largest absolute Gasteiger partial charge is 0.497 e. The van der Waals surface area contributed by atoms with Crippen molar-refractivity contribution in [2.24, 2.45) is 0 Å². The molecule has 0 amide bonds. The standard InChI is InChI=1S/C20H23N5O2/c1-14(2)27-18-10-6-16(7-11-18)23-20-24-19(13-22-25-20)21-12-15-4-8-17(26-3)9-5-15/h4-11,13-14H,12H2,1-3H3,(H2,21,23,24,25). The van der Waals surface area contributed by atoms with E-state index in [-0.39, 0.29) is 6.10 Å². The molecule has 0 saturated heterocycles. The summed E-state index contributed by atoms with van der Waals surface area (Å²) in [6.45, 7) is 4.62. The minimum Gasteiger partial charge on any atom is -0.497 e. The van der Waals surface area contributed by atoms with Gasteiger partial charge in [-0.15, -0.1) is 5.10 Å². The van der Waals surface area contributed by atoms with Crippen LogP contribution in [0, 0.1) is 0 Å². The zero-order chi connectivity index (χ0) is 19.1. The summed E-state index contributed by atoms with van der Waals surface area (Å²) >= 11 is 0. The fourth-order valence-electron chi connectivity index (χ4n) is 2.40. The minimum atomic E-state index is 0.143. The molecule has 0 unspecified atom stereocenters. The van der Waals surface area contributed by atoms with Crippen LogP contribution in [0.15, 0.2) is 54.7 Å². The molecule has 0 fully saturated rings. The molecule has 0 spiro atoms. The Morgan fingerprint density at radius 3 is 2.33 bits per heavy atom. The van der Waals surface area contributed by atoms with Gasteiger partial charge in [0, 0.05) is 12.2 Å². The zero-order valence-corrected chi connectivity index (χ0v) is 15.6. The number of nitrogens with one attached hydrogen (secondary N) is 2. The van der Waals surface area contributed by atoms with Gasteiger partial charge in [-0.1, -0.05) is 12.1 Å². The van der Waals surface area contributed by atoms with E-state index in [1.54, 1.807) is 13.3 Å². The van der Waals surface area contributed by atoms with E-state index < -0.39 is 0 Å². The quantitative estimate of drug-likeness (QED) is 0.624. The monoisotopic (exact) mass is 365 g/mol. The Kier molecular flexibility index (Phi) is 6.04. The van der Waals surface area contributed by atoms with E-state index in [9.17, 15) is 0 Å². The third-order valence-corrected chi connectivity index (χ3v) is 3.67. The molecule has 27 heavy (non-hydrogen) atoms. The Balaban J connectivity index is 1.59. The summed E-state index contributed by atoms with van der Waals surface area (Å²) in [7, 11) is 1.65. The van der Waals surface area contributed by atoms with E-state index in [0.717, 1.165) is 22.7 Å². The number of hydrogen-bond acceptors (Lipinski definition) is 7. The number of nitrogens with zero attached hydrogens (tertiary/aromatic N) is 3. The predicted octanol–water partition coefficient (Wildman–Crippen LogP) is 4.02. The van der Waals surface area contributed by atoms with Gasteiger partial charge in [0.15, 0.2) is 5.82 Å². The lowest BCUT2D eigenvalue weighted by Crippen LogP contribution is -2.06. The van der Waals surface area contributed by atoms with Gasteiger partial charge in [-0.05, 0) is 55.8 Å². The molecule has 0 radical (unpaired) electrons. The maximum Gasteiger partial charge on any atom is 0.249 e. The van der Waals surface area contributed by atoms with Crippen molar-refractivity contribution in [1.29, 1.82) is 0 Å². The van der Waals surface area contributed by atoms with E-state index >= 15 is 0 Å². The highest BCUT2D eigenvalue weighted by Crippen LogP contribution is 2.19. The molecule has 7 nitrogen and oxygen atoms in total. The van der Waals surface area contributed by atoms with Crippen LogP contribution in [-0.2, 0) is 6.54 Å². The van der Waals surface area contributed by atoms with Crippen molar-refractivity contribution >= 4 is 17.5 Å². The van der Waals surface area contributed by atoms with Gasteiger partial charge >= 0.3 is 0 Å². The second kappa shape index (κ2) is 8.84. The van der Waals surface area contributed by atoms with Crippen molar-refractivity contribution in [1.82, 2.24) is 15.2 Å². The molecule has 3 aromatic rings. The van der Waals surface area contributed by atoms with Crippen molar-refractivity contribution in [3.63, 3.8) is 0 Å². The molecular formula is C20H23N5O2. The molecule has 2 N–H and O–H groups in total. The molecular weight excluding hydrogens is 342 g/mol. The number of ether oxygens (including phenoxy) is 2. The van der Waals surface area contributed by atoms with Crippen LogP contribution in [0.25, 0.3) is 0 Å². The third-order valence-electron chi connectivity index (χ3n) is 3.67. The van der Waals surface area contributed by atoms with Gasteiger partial charge in [0.2, 0.25) is 5.95 Å². The van der Waals surface area contributed by atoms with Crippen LogP contribution in [0.3, 0.4) is 0 Å². The number of benzene rings is 2. The first-order valence-corrected chi connectivity index (χ1v) is 8.72. The molecule has 140 valence electrons. The molecule has 7 heteroatoms. The van der Waals surface area contributed by atoms with Gasteiger partial charge in [-0.25, -0.2) is 0 Å². The number of anilines is 3. The second-order valence-corrected chi connectivity index (χ2v) is 6.18. The highest BCUT2D eigenvalue weighted by atomic mass is 16.5. The van der Waals surface area contributed by atoms with Crippen LogP contribution in [0.4, 0.5) is 17.5 Å². The van der Waals surface area contributed by atoms with Crippen LogP contribution in [0.2, 0.25) is 0 Å². The predicted molar refractivity (Wildman–Crippen MR) is 106 cm³/mol. The molecule has 1 aromatic heterocycles. The van der Waals surface area contributed by atoms with Crippen molar-refractivity contribution in [3.05, 3.63) is 60.3 Å². The molecule has 0 bridgehead atoms. The summed E-state index contributed by atoms with van der Waals surface area (Å²) in [4.78, 5) is 4.44. The molecule has 0 saturated carbocycles. The van der Waals surface area contributed by atoms with Crippen LogP contribution in [0.1, 0.15) is 19.4 Å². The van der Waals surface area contributed by atoms with E-state index in [0.29, 0.717) is 18.3 Å². The average Bonchev–Trinajstić information content (AvgIpc) is 2.68. The van der Waals surface area contributed by atoms with Crippen LogP contribution >= 0.6 is 0 Å². The zero-order valence-electron chi connectivity index (χ0n) is 15.6. The van der Waals surface area contributed by atoms with Gasteiger partial charge in [-0.3, -0.25) is 0 Å². The number of rotatable bonds is 8. The van der Waals surface area contributed by atoms with Crippen LogP contribution in [-0.4, -0.2) is 28.4 Å². The highest BCUT2D eigenvalue weighted by molar-refractivity contribution is 5.55. The first-order chi connectivity index (χ1) is 13.1. The minimum absolute atomic E-state index is 0.143. The Bertz CT molecular complexity index is 851. The molecule has 0 aliphatic carbocycles. The Labute approximate surface area is 158 Å². The summed E-state index contributed by atoms with van der Waals surface area (Å²) in [5.41, 5.74) is 1.98. The number of methoxy groups -OCH3 is 1. The Morgan fingerprint density at radius 1 is 0.963 bits per heavy atom. The van der Waals surface area contributed by atoms with Crippen molar-refractivity contribution in [3.8, 4) is 11.5 Å². The lowest BCUT2D eigenvalue weighted by Gasteiger charge is -2.11. The SMILES string of the molecule is COc1ccc(CNc2cnnc(Nc3ccc(OC(C)C)cc3)n2)cc1. The summed E-state index contributed by atoms with van der Waals surface area (Å²) in [6, 6.07) is 15.5. The van der Waals surface area contributed by atoms with Gasteiger partial charge in [-0.2, -0.15) is 10.1 Å². The fourth-order valence-corrected chi connectivity index (χ4v) is 2.40. The van der Waals surface area contributed by atoms with Crippen molar-refractivity contribution in [2.75, 3.05) is 17.7 Å². The summed E-state index contributed by atoms with van der Waals surface area (Å²) in [5, 5.41) is 14.4. The smallest absolute Gasteiger partial charge is 0.249 e. The molecule has 2 aromatic carbocycles. The van der Waals surface area contributed by atoms with Crippen molar-refractivity contribution in [2.45, 2.75) is 26.5 Å². The topological polar surface area (TPSA) is 81.2 Å². The van der Waals surface area contributed by atoms with Gasteiger partial charge in [0.1, 0.15) is 11.5 Å². The molecule has 0 aliphatic heterocycles. The van der Waals surface area contributed by atoms with Crippen LogP contribution < -0.4 is 20.1 Å². The van der Waals surface area contributed by atoms with Gasteiger partial charge in [0.25, 0.3) is 0 Å². The number of aromatic nitrogens is 3. The van der Waals surface area contributed by atoms with E-state index in [2.05, 4.69) is 25.8 Å².